The minimum atomic E-state index is -0.272. The Balaban J connectivity index is 2.01. The number of nitrogens with one attached hydrogen (secondary N) is 1. The molecule has 4 aromatic rings. The summed E-state index contributed by atoms with van der Waals surface area (Å²) in [6.07, 6.45) is 1.55. The fraction of sp³-hybridized carbons (Fsp3) is 0.190. The zero-order chi connectivity index (χ0) is 19.8. The first kappa shape index (κ1) is 18.3. The Morgan fingerprint density at radius 1 is 1.14 bits per heavy atom. The summed E-state index contributed by atoms with van der Waals surface area (Å²) < 4.78 is 1.78. The lowest BCUT2D eigenvalue weighted by Crippen LogP contribution is -2.30. The van der Waals surface area contributed by atoms with Gasteiger partial charge in [0.25, 0.3) is 11.5 Å². The number of rotatable bonds is 4. The molecule has 0 spiro atoms. The summed E-state index contributed by atoms with van der Waals surface area (Å²) in [6.45, 7) is 5.00. The summed E-state index contributed by atoms with van der Waals surface area (Å²) in [5.74, 6) is 0.484. The third-order valence-electron chi connectivity index (χ3n) is 4.88. The van der Waals surface area contributed by atoms with E-state index in [-0.39, 0.29) is 11.5 Å². The van der Waals surface area contributed by atoms with Crippen molar-refractivity contribution < 1.29 is 4.79 Å². The molecule has 0 aliphatic heterocycles. The molecule has 0 aliphatic carbocycles. The molecule has 28 heavy (non-hydrogen) atoms. The molecule has 0 unspecified atom stereocenters. The fourth-order valence-corrected chi connectivity index (χ4v) is 3.66. The van der Waals surface area contributed by atoms with Gasteiger partial charge in [-0.25, -0.2) is 4.98 Å². The van der Waals surface area contributed by atoms with E-state index in [1.807, 2.05) is 44.2 Å². The van der Waals surface area contributed by atoms with Crippen LogP contribution in [0, 0.1) is 0 Å². The maximum Gasteiger partial charge on any atom is 0.274 e. The van der Waals surface area contributed by atoms with E-state index in [1.165, 1.54) is 0 Å². The van der Waals surface area contributed by atoms with Gasteiger partial charge in [0.05, 0.1) is 27.8 Å². The lowest BCUT2D eigenvalue weighted by molar-refractivity contribution is 0.0773. The van der Waals surface area contributed by atoms with E-state index < -0.39 is 0 Å². The Labute approximate surface area is 166 Å². The molecule has 0 saturated heterocycles. The van der Waals surface area contributed by atoms with Gasteiger partial charge in [0, 0.05) is 18.7 Å². The van der Waals surface area contributed by atoms with Crippen molar-refractivity contribution in [2.45, 2.75) is 13.8 Å². The molecule has 0 aliphatic rings. The molecule has 1 N–H and O–H groups in total. The molecule has 6 nitrogen and oxygen atoms in total. The Bertz CT molecular complexity index is 1240. The van der Waals surface area contributed by atoms with Gasteiger partial charge in [-0.2, -0.15) is 0 Å². The zero-order valence-corrected chi connectivity index (χ0v) is 16.3. The minimum Gasteiger partial charge on any atom is -0.339 e. The summed E-state index contributed by atoms with van der Waals surface area (Å²) in [7, 11) is 0. The molecule has 0 fully saturated rings. The van der Waals surface area contributed by atoms with Crippen molar-refractivity contribution in [1.29, 1.82) is 0 Å². The van der Waals surface area contributed by atoms with Crippen molar-refractivity contribution in [2.24, 2.45) is 0 Å². The maximum atomic E-state index is 12.8. The molecule has 7 heteroatoms. The van der Waals surface area contributed by atoms with Crippen LogP contribution < -0.4 is 5.56 Å². The van der Waals surface area contributed by atoms with Crippen LogP contribution in [0.25, 0.3) is 27.9 Å². The fourth-order valence-electron chi connectivity index (χ4n) is 3.43. The van der Waals surface area contributed by atoms with Crippen LogP contribution in [0.1, 0.15) is 24.2 Å². The molecule has 0 saturated carbocycles. The van der Waals surface area contributed by atoms with E-state index in [0.717, 1.165) is 5.56 Å². The molecule has 1 amide bonds. The number of amides is 1. The number of benzene rings is 2. The van der Waals surface area contributed by atoms with Crippen molar-refractivity contribution in [2.75, 3.05) is 13.1 Å². The summed E-state index contributed by atoms with van der Waals surface area (Å²) >= 11 is 6.49. The molecule has 2 aromatic heterocycles. The van der Waals surface area contributed by atoms with Crippen LogP contribution in [0.3, 0.4) is 0 Å². The highest BCUT2D eigenvalue weighted by atomic mass is 35.5. The molecular weight excluding hydrogens is 376 g/mol. The number of halogens is 1. The first-order chi connectivity index (χ1) is 13.5. The van der Waals surface area contributed by atoms with Crippen LogP contribution >= 0.6 is 11.6 Å². The van der Waals surface area contributed by atoms with Gasteiger partial charge in [-0.1, -0.05) is 41.9 Å². The van der Waals surface area contributed by atoms with Crippen LogP contribution in [0.15, 0.2) is 53.5 Å². The number of hydrogen-bond acceptors (Lipinski definition) is 3. The SMILES string of the molecule is CCN(CC)C(=O)c1cc2[nH]c(=O)c3cnc(-c4ccccc4)n3c2cc1Cl. The maximum absolute atomic E-state index is 12.8. The van der Waals surface area contributed by atoms with Crippen molar-refractivity contribution >= 4 is 34.1 Å². The summed E-state index contributed by atoms with van der Waals surface area (Å²) in [5.41, 5.74) is 2.62. The number of H-pyrrole nitrogens is 1. The number of aromatic nitrogens is 3. The third-order valence-corrected chi connectivity index (χ3v) is 5.19. The predicted octanol–water partition coefficient (Wildman–Crippen LogP) is 3.98. The van der Waals surface area contributed by atoms with Gasteiger partial charge in [-0.05, 0) is 26.0 Å². The number of fused-ring (bicyclic) bond motifs is 3. The number of aromatic amines is 1. The second-order valence-corrected chi connectivity index (χ2v) is 6.86. The van der Waals surface area contributed by atoms with Crippen molar-refractivity contribution in [3.63, 3.8) is 0 Å². The molecule has 0 bridgehead atoms. The minimum absolute atomic E-state index is 0.160. The average Bonchev–Trinajstić information content (AvgIpc) is 3.16. The molecule has 2 heterocycles. The number of imidazole rings is 1. The normalized spacial score (nSPS) is 11.2. The largest absolute Gasteiger partial charge is 0.339 e. The van der Waals surface area contributed by atoms with Crippen molar-refractivity contribution in [1.82, 2.24) is 19.3 Å². The van der Waals surface area contributed by atoms with Gasteiger partial charge in [-0.3, -0.25) is 14.0 Å². The highest BCUT2D eigenvalue weighted by Crippen LogP contribution is 2.27. The number of carbonyl (C=O) groups excluding carboxylic acids is 1. The number of nitrogens with zero attached hydrogens (tertiary/aromatic N) is 3. The lowest BCUT2D eigenvalue weighted by Gasteiger charge is -2.19. The Kier molecular flexibility index (Phi) is 4.65. The zero-order valence-electron chi connectivity index (χ0n) is 15.6. The standard InChI is InChI=1S/C21H19ClN4O2/c1-3-25(4-2)21(28)14-10-16-17(11-15(14)22)26-18(20(27)24-16)12-23-19(26)13-8-6-5-7-9-13/h5-12H,3-4H2,1-2H3,(H,24,27). The summed E-state index contributed by atoms with van der Waals surface area (Å²) in [5, 5.41) is 0.338. The second kappa shape index (κ2) is 7.13. The molecule has 4 rings (SSSR count). The van der Waals surface area contributed by atoms with Gasteiger partial charge >= 0.3 is 0 Å². The van der Waals surface area contributed by atoms with Crippen LogP contribution in [-0.2, 0) is 0 Å². The van der Waals surface area contributed by atoms with Crippen LogP contribution in [0.5, 0.6) is 0 Å². The molecule has 142 valence electrons. The first-order valence-electron chi connectivity index (χ1n) is 9.12. The van der Waals surface area contributed by atoms with E-state index in [1.54, 1.807) is 27.6 Å². The lowest BCUT2D eigenvalue weighted by atomic mass is 10.1. The van der Waals surface area contributed by atoms with Gasteiger partial charge in [0.2, 0.25) is 0 Å². The van der Waals surface area contributed by atoms with E-state index >= 15 is 0 Å². The molecular formula is C21H19ClN4O2. The molecule has 2 aromatic carbocycles. The van der Waals surface area contributed by atoms with E-state index in [4.69, 9.17) is 11.6 Å². The van der Waals surface area contributed by atoms with Gasteiger partial charge in [0.1, 0.15) is 11.3 Å². The van der Waals surface area contributed by atoms with Crippen LogP contribution in [-0.4, -0.2) is 38.3 Å². The topological polar surface area (TPSA) is 70.5 Å². The average molecular weight is 395 g/mol. The number of carbonyl (C=O) groups is 1. The van der Waals surface area contributed by atoms with Crippen molar-refractivity contribution in [3.05, 3.63) is 69.6 Å². The Morgan fingerprint density at radius 2 is 1.86 bits per heavy atom. The van der Waals surface area contributed by atoms with Crippen LogP contribution in [0.2, 0.25) is 5.02 Å². The van der Waals surface area contributed by atoms with Crippen molar-refractivity contribution in [3.8, 4) is 11.4 Å². The number of hydrogen-bond donors (Lipinski definition) is 1. The van der Waals surface area contributed by atoms with Gasteiger partial charge in [0.15, 0.2) is 0 Å². The highest BCUT2D eigenvalue weighted by Gasteiger charge is 2.19. The summed E-state index contributed by atoms with van der Waals surface area (Å²) in [4.78, 5) is 34.4. The predicted molar refractivity (Wildman–Crippen MR) is 111 cm³/mol. The monoisotopic (exact) mass is 394 g/mol. The highest BCUT2D eigenvalue weighted by molar-refractivity contribution is 6.34. The Hall–Kier alpha value is -3.12. The Morgan fingerprint density at radius 3 is 2.54 bits per heavy atom. The second-order valence-electron chi connectivity index (χ2n) is 6.45. The first-order valence-corrected chi connectivity index (χ1v) is 9.50. The smallest absolute Gasteiger partial charge is 0.274 e. The van der Waals surface area contributed by atoms with E-state index in [9.17, 15) is 9.59 Å². The molecule has 0 atom stereocenters. The van der Waals surface area contributed by atoms with E-state index in [2.05, 4.69) is 9.97 Å². The third kappa shape index (κ3) is 2.86. The van der Waals surface area contributed by atoms with Crippen LogP contribution in [0.4, 0.5) is 0 Å². The van der Waals surface area contributed by atoms with Gasteiger partial charge < -0.3 is 9.88 Å². The quantitative estimate of drug-likeness (QED) is 0.569. The molecule has 0 radical (unpaired) electrons. The van der Waals surface area contributed by atoms with Gasteiger partial charge in [-0.15, -0.1) is 0 Å². The summed E-state index contributed by atoms with van der Waals surface area (Å²) in [6, 6.07) is 13.0. The van der Waals surface area contributed by atoms with E-state index in [0.29, 0.717) is 46.1 Å².